The van der Waals surface area contributed by atoms with Gasteiger partial charge in [-0.05, 0) is 57.8 Å². The fourth-order valence-corrected chi connectivity index (χ4v) is 5.13. The van der Waals surface area contributed by atoms with Crippen molar-refractivity contribution in [3.8, 4) is 0 Å². The molecule has 0 aliphatic heterocycles. The fraction of sp³-hybridized carbons (Fsp3) is 0.550. The molecule has 26 heavy (non-hydrogen) atoms. The second-order valence-corrected chi connectivity index (χ2v) is 8.30. The Bertz CT molecular complexity index is 910. The topological polar surface area (TPSA) is 63.5 Å². The van der Waals surface area contributed by atoms with E-state index in [1.807, 2.05) is 0 Å². The average molecular weight is 372 g/mol. The van der Waals surface area contributed by atoms with Gasteiger partial charge < -0.3 is 5.32 Å². The summed E-state index contributed by atoms with van der Waals surface area (Å²) in [4.78, 5) is 31.8. The van der Waals surface area contributed by atoms with Crippen LogP contribution in [0.3, 0.4) is 0 Å². The van der Waals surface area contributed by atoms with Gasteiger partial charge in [-0.2, -0.15) is 0 Å². The van der Waals surface area contributed by atoms with Crippen LogP contribution in [0.2, 0.25) is 0 Å². The molecule has 5 nitrogen and oxygen atoms in total. The molecule has 1 amide bonds. The van der Waals surface area contributed by atoms with E-state index in [-0.39, 0.29) is 17.0 Å². The summed E-state index contributed by atoms with van der Waals surface area (Å²) in [5.74, 6) is -0.304. The molecule has 0 aromatic carbocycles. The molecule has 0 spiro atoms. The molecule has 0 saturated carbocycles. The van der Waals surface area contributed by atoms with Crippen LogP contribution in [0, 0.1) is 0 Å². The lowest BCUT2D eigenvalue weighted by Crippen LogP contribution is -2.32. The minimum Gasteiger partial charge on any atom is -0.351 e. The summed E-state index contributed by atoms with van der Waals surface area (Å²) >= 11 is 1.60. The highest BCUT2D eigenvalue weighted by Crippen LogP contribution is 2.27. The number of carbonyl (C=O) groups excluding carboxylic acids is 1. The molecule has 2 aromatic heterocycles. The molecule has 0 fully saturated rings. The molecule has 138 valence electrons. The summed E-state index contributed by atoms with van der Waals surface area (Å²) in [5.41, 5.74) is 2.43. The van der Waals surface area contributed by atoms with Gasteiger partial charge in [0.2, 0.25) is 0 Å². The maximum Gasteiger partial charge on any atom is 0.271 e. The minimum atomic E-state index is -0.304. The van der Waals surface area contributed by atoms with Gasteiger partial charge in [0.25, 0.3) is 11.5 Å². The Balaban J connectivity index is 1.53. The number of rotatable bonds is 4. The molecule has 2 heterocycles. The van der Waals surface area contributed by atoms with Crippen LogP contribution in [0.5, 0.6) is 0 Å². The number of aryl methyl sites for hydroxylation is 2. The Morgan fingerprint density at radius 2 is 2.00 bits per heavy atom. The number of hydrogen-bond donors (Lipinski definition) is 1. The van der Waals surface area contributed by atoms with Crippen molar-refractivity contribution in [1.82, 2.24) is 14.7 Å². The molecule has 6 heteroatoms. The Labute approximate surface area is 157 Å². The molecule has 0 atom stereocenters. The van der Waals surface area contributed by atoms with Crippen LogP contribution in [0.4, 0.5) is 0 Å². The summed E-state index contributed by atoms with van der Waals surface area (Å²) < 4.78 is 1.68. The van der Waals surface area contributed by atoms with Crippen LogP contribution in [0.1, 0.15) is 72.3 Å². The second-order valence-electron chi connectivity index (χ2n) is 7.24. The number of aromatic nitrogens is 2. The van der Waals surface area contributed by atoms with Crippen LogP contribution >= 0.6 is 11.3 Å². The third-order valence-corrected chi connectivity index (χ3v) is 6.57. The maximum absolute atomic E-state index is 12.9. The first-order valence-corrected chi connectivity index (χ1v) is 10.5. The summed E-state index contributed by atoms with van der Waals surface area (Å²) in [6.45, 7) is 0.578. The van der Waals surface area contributed by atoms with Gasteiger partial charge in [0.15, 0.2) is 4.96 Å². The second kappa shape index (κ2) is 7.74. The average Bonchev–Trinajstić information content (AvgIpc) is 2.85. The van der Waals surface area contributed by atoms with E-state index in [4.69, 9.17) is 0 Å². The first kappa shape index (κ1) is 17.5. The number of thiazole rings is 1. The number of nitrogens with one attached hydrogen (secondary N) is 1. The van der Waals surface area contributed by atoms with Crippen molar-refractivity contribution in [2.24, 2.45) is 0 Å². The molecule has 0 saturated heterocycles. The SMILES string of the molecule is O=C(NCCC1=CCCCC1)c1cnc2sc3c(n2c1=O)CCCCC3. The van der Waals surface area contributed by atoms with Gasteiger partial charge in [0, 0.05) is 23.3 Å². The molecule has 2 aliphatic carbocycles. The van der Waals surface area contributed by atoms with E-state index >= 15 is 0 Å². The monoisotopic (exact) mass is 371 g/mol. The molecular weight excluding hydrogens is 346 g/mol. The van der Waals surface area contributed by atoms with Crippen LogP contribution in [0.25, 0.3) is 4.96 Å². The predicted octanol–water partition coefficient (Wildman–Crippen LogP) is 3.65. The largest absolute Gasteiger partial charge is 0.351 e. The lowest BCUT2D eigenvalue weighted by molar-refractivity contribution is 0.0952. The van der Waals surface area contributed by atoms with Crippen LogP contribution in [-0.2, 0) is 12.8 Å². The Kier molecular flexibility index (Phi) is 5.20. The number of carbonyl (C=O) groups is 1. The van der Waals surface area contributed by atoms with Gasteiger partial charge in [-0.25, -0.2) is 4.98 Å². The number of allylic oxidation sites excluding steroid dienone is 1. The summed E-state index contributed by atoms with van der Waals surface area (Å²) in [6, 6.07) is 0. The lowest BCUT2D eigenvalue weighted by atomic mass is 9.97. The van der Waals surface area contributed by atoms with E-state index in [1.165, 1.54) is 35.9 Å². The van der Waals surface area contributed by atoms with Crippen molar-refractivity contribution in [3.63, 3.8) is 0 Å². The molecule has 2 aromatic rings. The predicted molar refractivity (Wildman–Crippen MR) is 104 cm³/mol. The number of amides is 1. The first-order valence-electron chi connectivity index (χ1n) is 9.72. The first-order chi connectivity index (χ1) is 12.7. The van der Waals surface area contributed by atoms with Crippen molar-refractivity contribution >= 4 is 22.2 Å². The van der Waals surface area contributed by atoms with Crippen LogP contribution in [-0.4, -0.2) is 21.8 Å². The third-order valence-electron chi connectivity index (χ3n) is 5.41. The summed E-state index contributed by atoms with van der Waals surface area (Å²) in [6.07, 6.45) is 14.8. The smallest absolute Gasteiger partial charge is 0.271 e. The third kappa shape index (κ3) is 3.47. The summed E-state index contributed by atoms with van der Waals surface area (Å²) in [5, 5.41) is 2.91. The maximum atomic E-state index is 12.9. The number of fused-ring (bicyclic) bond motifs is 3. The zero-order chi connectivity index (χ0) is 17.9. The van der Waals surface area contributed by atoms with Crippen molar-refractivity contribution in [1.29, 1.82) is 0 Å². The van der Waals surface area contributed by atoms with Gasteiger partial charge >= 0.3 is 0 Å². The lowest BCUT2D eigenvalue weighted by Gasteiger charge is -2.12. The Morgan fingerprint density at radius 3 is 2.85 bits per heavy atom. The fourth-order valence-electron chi connectivity index (χ4n) is 3.96. The molecular formula is C20H25N3O2S. The zero-order valence-corrected chi connectivity index (χ0v) is 15.9. The van der Waals surface area contributed by atoms with Gasteiger partial charge in [-0.3, -0.25) is 14.0 Å². The highest BCUT2D eigenvalue weighted by atomic mass is 32.1. The van der Waals surface area contributed by atoms with Crippen LogP contribution < -0.4 is 10.9 Å². The molecule has 2 aliphatic rings. The molecule has 0 bridgehead atoms. The van der Waals surface area contributed by atoms with Gasteiger partial charge in [-0.1, -0.05) is 18.1 Å². The zero-order valence-electron chi connectivity index (χ0n) is 15.1. The Hall–Kier alpha value is -1.95. The number of nitrogens with zero attached hydrogens (tertiary/aromatic N) is 2. The van der Waals surface area contributed by atoms with Gasteiger partial charge in [0.1, 0.15) is 5.56 Å². The van der Waals surface area contributed by atoms with Crippen molar-refractivity contribution < 1.29 is 4.79 Å². The molecule has 0 unspecified atom stereocenters. The van der Waals surface area contributed by atoms with Crippen molar-refractivity contribution in [2.45, 2.75) is 64.2 Å². The van der Waals surface area contributed by atoms with E-state index < -0.39 is 0 Å². The number of hydrogen-bond acceptors (Lipinski definition) is 4. The highest BCUT2D eigenvalue weighted by molar-refractivity contribution is 7.17. The summed E-state index contributed by atoms with van der Waals surface area (Å²) in [7, 11) is 0. The van der Waals surface area contributed by atoms with E-state index in [0.29, 0.717) is 11.5 Å². The molecule has 1 N–H and O–H groups in total. The van der Waals surface area contributed by atoms with E-state index in [1.54, 1.807) is 15.7 Å². The van der Waals surface area contributed by atoms with E-state index in [9.17, 15) is 9.59 Å². The van der Waals surface area contributed by atoms with Crippen molar-refractivity contribution in [3.05, 3.63) is 44.3 Å². The normalized spacial score (nSPS) is 17.5. The Morgan fingerprint density at radius 1 is 1.15 bits per heavy atom. The van der Waals surface area contributed by atoms with E-state index in [2.05, 4.69) is 16.4 Å². The van der Waals surface area contributed by atoms with Crippen molar-refractivity contribution in [2.75, 3.05) is 6.54 Å². The standard InChI is InChI=1S/C20H25N3O2S/c24-18(21-12-11-14-7-3-1-4-8-14)15-13-22-20-23(19(15)25)16-9-5-2-6-10-17(16)26-20/h7,13H,1-6,8-12H2,(H,21,24). The highest BCUT2D eigenvalue weighted by Gasteiger charge is 2.20. The minimum absolute atomic E-state index is 0.157. The quantitative estimate of drug-likeness (QED) is 0.659. The molecule has 0 radical (unpaired) electrons. The van der Waals surface area contributed by atoms with Gasteiger partial charge in [0.05, 0.1) is 0 Å². The van der Waals surface area contributed by atoms with Gasteiger partial charge in [-0.15, -0.1) is 11.3 Å². The molecule has 4 rings (SSSR count). The van der Waals surface area contributed by atoms with E-state index in [0.717, 1.165) is 50.6 Å². The van der Waals surface area contributed by atoms with Crippen LogP contribution in [0.15, 0.2) is 22.6 Å².